The maximum atomic E-state index is 15.1. The second kappa shape index (κ2) is 13.4. The van der Waals surface area contributed by atoms with Crippen LogP contribution in [-0.4, -0.2) is 0 Å². The van der Waals surface area contributed by atoms with E-state index in [1.807, 2.05) is 12.1 Å². The Morgan fingerprint density at radius 3 is 1.89 bits per heavy atom. The van der Waals surface area contributed by atoms with E-state index >= 15 is 8.78 Å². The number of hydrogen-bond donors (Lipinski definition) is 0. The van der Waals surface area contributed by atoms with Gasteiger partial charge in [-0.1, -0.05) is 88.1 Å². The first-order chi connectivity index (χ1) is 18.4. The Morgan fingerprint density at radius 1 is 0.605 bits per heavy atom. The van der Waals surface area contributed by atoms with E-state index in [2.05, 4.69) is 13.8 Å². The van der Waals surface area contributed by atoms with Crippen LogP contribution in [-0.2, 0) is 19.3 Å². The zero-order chi connectivity index (χ0) is 27.1. The molecule has 1 aliphatic rings. The highest BCUT2D eigenvalue weighted by Gasteiger charge is 2.26. The number of hydrogen-bond acceptors (Lipinski definition) is 0. The molecule has 0 spiro atoms. The van der Waals surface area contributed by atoms with Crippen LogP contribution in [0.4, 0.5) is 17.6 Å². The second-order valence-corrected chi connectivity index (χ2v) is 11.0. The lowest BCUT2D eigenvalue weighted by atomic mass is 9.77. The van der Waals surface area contributed by atoms with Gasteiger partial charge in [-0.2, -0.15) is 0 Å². The molecule has 4 rings (SSSR count). The average Bonchev–Trinajstić information content (AvgIpc) is 2.93. The van der Waals surface area contributed by atoms with Crippen LogP contribution < -0.4 is 0 Å². The van der Waals surface area contributed by atoms with Crippen LogP contribution in [0.2, 0.25) is 0 Å². The van der Waals surface area contributed by atoms with E-state index < -0.39 is 23.3 Å². The van der Waals surface area contributed by atoms with Gasteiger partial charge in [0, 0.05) is 5.56 Å². The Labute approximate surface area is 225 Å². The Hall–Kier alpha value is -2.62. The van der Waals surface area contributed by atoms with Crippen molar-refractivity contribution in [3.8, 4) is 11.1 Å². The fourth-order valence-corrected chi connectivity index (χ4v) is 5.98. The van der Waals surface area contributed by atoms with Gasteiger partial charge in [0.2, 0.25) is 0 Å². The highest BCUT2D eigenvalue weighted by molar-refractivity contribution is 5.65. The predicted octanol–water partition coefficient (Wildman–Crippen LogP) is 10.5. The minimum absolute atomic E-state index is 0.0877. The van der Waals surface area contributed by atoms with Crippen LogP contribution in [0, 0.1) is 29.2 Å². The van der Waals surface area contributed by atoms with Gasteiger partial charge in [-0.05, 0) is 91.0 Å². The molecule has 1 aliphatic carbocycles. The number of halogens is 4. The molecule has 0 bridgehead atoms. The fourth-order valence-electron chi connectivity index (χ4n) is 5.98. The lowest BCUT2D eigenvalue weighted by Gasteiger charge is -2.29. The third-order valence-corrected chi connectivity index (χ3v) is 8.34. The minimum Gasteiger partial charge on any atom is -0.203 e. The molecule has 0 nitrogen and oxygen atoms in total. The average molecular weight is 525 g/mol. The molecule has 0 radical (unpaired) electrons. The first-order valence-corrected chi connectivity index (χ1v) is 14.5. The summed E-state index contributed by atoms with van der Waals surface area (Å²) >= 11 is 0. The van der Waals surface area contributed by atoms with Crippen molar-refractivity contribution in [2.24, 2.45) is 5.92 Å². The van der Waals surface area contributed by atoms with Crippen molar-refractivity contribution in [3.05, 3.63) is 94.1 Å². The molecule has 0 amide bonds. The van der Waals surface area contributed by atoms with Gasteiger partial charge in [0.15, 0.2) is 23.3 Å². The fraction of sp³-hybridized carbons (Fsp3) is 0.471. The summed E-state index contributed by atoms with van der Waals surface area (Å²) in [6.07, 6.45) is 10.7. The van der Waals surface area contributed by atoms with Crippen molar-refractivity contribution < 1.29 is 17.6 Å². The summed E-state index contributed by atoms with van der Waals surface area (Å²) in [6, 6.07) is 14.1. The van der Waals surface area contributed by atoms with Gasteiger partial charge >= 0.3 is 0 Å². The van der Waals surface area contributed by atoms with Gasteiger partial charge in [0.25, 0.3) is 0 Å². The molecule has 0 N–H and O–H groups in total. The third kappa shape index (κ3) is 6.68. The van der Waals surface area contributed by atoms with Gasteiger partial charge in [0.05, 0.1) is 0 Å². The van der Waals surface area contributed by atoms with E-state index in [4.69, 9.17) is 0 Å². The van der Waals surface area contributed by atoms with E-state index in [0.29, 0.717) is 47.4 Å². The highest BCUT2D eigenvalue weighted by Crippen LogP contribution is 2.40. The van der Waals surface area contributed by atoms with Gasteiger partial charge in [-0.3, -0.25) is 0 Å². The predicted molar refractivity (Wildman–Crippen MR) is 148 cm³/mol. The first-order valence-electron chi connectivity index (χ1n) is 14.5. The number of rotatable bonds is 11. The second-order valence-electron chi connectivity index (χ2n) is 11.0. The van der Waals surface area contributed by atoms with Crippen LogP contribution in [0.25, 0.3) is 11.1 Å². The highest BCUT2D eigenvalue weighted by atomic mass is 19.2. The Balaban J connectivity index is 1.40. The van der Waals surface area contributed by atoms with Crippen molar-refractivity contribution in [3.63, 3.8) is 0 Å². The normalized spacial score (nSPS) is 17.6. The molecule has 1 saturated carbocycles. The number of benzene rings is 3. The van der Waals surface area contributed by atoms with Crippen LogP contribution in [0.1, 0.15) is 99.8 Å². The van der Waals surface area contributed by atoms with Crippen LogP contribution in [0.15, 0.2) is 48.5 Å². The molecule has 0 unspecified atom stereocenters. The molecule has 0 heterocycles. The lowest BCUT2D eigenvalue weighted by Crippen LogP contribution is -2.15. The third-order valence-electron chi connectivity index (χ3n) is 8.34. The zero-order valence-electron chi connectivity index (χ0n) is 22.8. The molecular weight excluding hydrogens is 484 g/mol. The zero-order valence-corrected chi connectivity index (χ0v) is 22.8. The van der Waals surface area contributed by atoms with Gasteiger partial charge < -0.3 is 0 Å². The Bertz CT molecular complexity index is 1190. The summed E-state index contributed by atoms with van der Waals surface area (Å²) < 4.78 is 59.3. The van der Waals surface area contributed by atoms with E-state index in [-0.39, 0.29) is 11.5 Å². The van der Waals surface area contributed by atoms with Crippen molar-refractivity contribution in [1.29, 1.82) is 0 Å². The van der Waals surface area contributed by atoms with E-state index in [1.165, 1.54) is 12.8 Å². The summed E-state index contributed by atoms with van der Waals surface area (Å²) in [7, 11) is 0. The summed E-state index contributed by atoms with van der Waals surface area (Å²) in [6.45, 7) is 4.28. The molecule has 0 aliphatic heterocycles. The summed E-state index contributed by atoms with van der Waals surface area (Å²) in [5.74, 6) is -2.20. The SMILES string of the molecule is CCCCCc1ccc(CCc2ccc(-c3ccc(C4CCC(CCC)CC4)c(F)c3F)cc2)c(F)c1F. The molecule has 0 aromatic heterocycles. The molecule has 204 valence electrons. The Kier molecular flexibility index (Phi) is 10.0. The van der Waals surface area contributed by atoms with E-state index in [9.17, 15) is 8.78 Å². The van der Waals surface area contributed by atoms with Crippen molar-refractivity contribution in [2.45, 2.75) is 96.8 Å². The molecular formula is C34H40F4. The largest absolute Gasteiger partial charge is 0.203 e. The first kappa shape index (κ1) is 28.4. The van der Waals surface area contributed by atoms with Crippen molar-refractivity contribution in [1.82, 2.24) is 0 Å². The lowest BCUT2D eigenvalue weighted by molar-refractivity contribution is 0.303. The summed E-state index contributed by atoms with van der Waals surface area (Å²) in [5, 5.41) is 0. The topological polar surface area (TPSA) is 0 Å². The van der Waals surface area contributed by atoms with Gasteiger partial charge in [-0.25, -0.2) is 17.6 Å². The maximum absolute atomic E-state index is 15.1. The van der Waals surface area contributed by atoms with Gasteiger partial charge in [-0.15, -0.1) is 0 Å². The molecule has 3 aromatic rings. The molecule has 0 saturated heterocycles. The summed E-state index contributed by atoms with van der Waals surface area (Å²) in [5.41, 5.74) is 3.10. The van der Waals surface area contributed by atoms with E-state index in [0.717, 1.165) is 50.5 Å². The standard InChI is InChI=1S/C34H40F4/c1-3-5-6-8-27-19-20-28(32(36)31(27)35)18-13-24-11-16-26(17-12-24)30-22-21-29(33(37)34(30)38)25-14-9-23(7-4-2)10-15-25/h11-12,16-17,19-23,25H,3-10,13-15,18H2,1-2H3. The van der Waals surface area contributed by atoms with Crippen LogP contribution in [0.5, 0.6) is 0 Å². The minimum atomic E-state index is -0.789. The monoisotopic (exact) mass is 524 g/mol. The van der Waals surface area contributed by atoms with Crippen LogP contribution in [0.3, 0.4) is 0 Å². The van der Waals surface area contributed by atoms with Crippen molar-refractivity contribution >= 4 is 0 Å². The summed E-state index contributed by atoms with van der Waals surface area (Å²) in [4.78, 5) is 0. The van der Waals surface area contributed by atoms with Crippen molar-refractivity contribution in [2.75, 3.05) is 0 Å². The molecule has 4 heteroatoms. The van der Waals surface area contributed by atoms with Crippen LogP contribution >= 0.6 is 0 Å². The molecule has 3 aromatic carbocycles. The molecule has 38 heavy (non-hydrogen) atoms. The number of aryl methyl sites for hydroxylation is 3. The van der Waals surface area contributed by atoms with E-state index in [1.54, 1.807) is 36.4 Å². The maximum Gasteiger partial charge on any atom is 0.166 e. The van der Waals surface area contributed by atoms with Gasteiger partial charge in [0.1, 0.15) is 0 Å². The molecule has 0 atom stereocenters. The quantitative estimate of drug-likeness (QED) is 0.173. The number of unbranched alkanes of at least 4 members (excludes halogenated alkanes) is 2. The smallest absolute Gasteiger partial charge is 0.166 e. The Morgan fingerprint density at radius 2 is 1.26 bits per heavy atom. The molecule has 1 fully saturated rings.